The molecule has 0 amide bonds. The Labute approximate surface area is 116 Å². The Hall–Kier alpha value is -1.26. The van der Waals surface area contributed by atoms with Crippen molar-refractivity contribution in [3.05, 3.63) is 23.8 Å². The zero-order valence-electron chi connectivity index (χ0n) is 12.7. The van der Waals surface area contributed by atoms with Gasteiger partial charge in [0, 0.05) is 25.3 Å². The summed E-state index contributed by atoms with van der Waals surface area (Å²) in [5, 5.41) is 3.46. The van der Waals surface area contributed by atoms with Crippen LogP contribution < -0.4 is 14.8 Å². The van der Waals surface area contributed by atoms with Crippen LogP contribution in [0.15, 0.2) is 18.2 Å². The highest BCUT2D eigenvalue weighted by molar-refractivity contribution is 5.42. The maximum absolute atomic E-state index is 5.41. The third-order valence-electron chi connectivity index (χ3n) is 3.29. The van der Waals surface area contributed by atoms with Crippen LogP contribution in [0, 0.1) is 0 Å². The molecule has 1 aromatic carbocycles. The average Bonchev–Trinajstić information content (AvgIpc) is 2.44. The largest absolute Gasteiger partial charge is 0.497 e. The molecule has 0 fully saturated rings. The third-order valence-corrected chi connectivity index (χ3v) is 3.29. The van der Waals surface area contributed by atoms with Crippen molar-refractivity contribution in [2.45, 2.75) is 32.4 Å². The van der Waals surface area contributed by atoms with Crippen LogP contribution in [0.1, 0.15) is 32.4 Å². The first-order valence-electron chi connectivity index (χ1n) is 6.44. The van der Waals surface area contributed by atoms with Crippen LogP contribution in [0.3, 0.4) is 0 Å². The van der Waals surface area contributed by atoms with Gasteiger partial charge in [-0.1, -0.05) is 0 Å². The van der Waals surface area contributed by atoms with Gasteiger partial charge in [-0.15, -0.1) is 0 Å². The lowest BCUT2D eigenvalue weighted by atomic mass is 10.0. The first-order valence-corrected chi connectivity index (χ1v) is 6.44. The van der Waals surface area contributed by atoms with Gasteiger partial charge >= 0.3 is 0 Å². The average molecular weight is 267 g/mol. The molecule has 0 aromatic heterocycles. The van der Waals surface area contributed by atoms with E-state index < -0.39 is 0 Å². The van der Waals surface area contributed by atoms with E-state index >= 15 is 0 Å². The highest BCUT2D eigenvalue weighted by Crippen LogP contribution is 2.29. The fourth-order valence-electron chi connectivity index (χ4n) is 1.76. The number of hydrogen-bond acceptors (Lipinski definition) is 4. The molecule has 1 atom stereocenters. The Morgan fingerprint density at radius 2 is 1.84 bits per heavy atom. The maximum atomic E-state index is 5.41. The normalized spacial score (nSPS) is 13.2. The summed E-state index contributed by atoms with van der Waals surface area (Å²) >= 11 is 0. The number of ether oxygens (including phenoxy) is 3. The van der Waals surface area contributed by atoms with E-state index in [1.165, 1.54) is 0 Å². The van der Waals surface area contributed by atoms with Crippen LogP contribution in [-0.4, -0.2) is 33.5 Å². The quantitative estimate of drug-likeness (QED) is 0.824. The number of nitrogens with one attached hydrogen (secondary N) is 1. The lowest BCUT2D eigenvalue weighted by Crippen LogP contribution is -2.37. The van der Waals surface area contributed by atoms with Crippen molar-refractivity contribution in [1.82, 2.24) is 5.32 Å². The van der Waals surface area contributed by atoms with Gasteiger partial charge in [0.15, 0.2) is 0 Å². The number of benzene rings is 1. The van der Waals surface area contributed by atoms with Gasteiger partial charge in [-0.3, -0.25) is 0 Å². The van der Waals surface area contributed by atoms with Crippen LogP contribution >= 0.6 is 0 Å². The molecule has 1 rings (SSSR count). The van der Waals surface area contributed by atoms with Gasteiger partial charge in [0.25, 0.3) is 0 Å². The minimum Gasteiger partial charge on any atom is -0.497 e. The monoisotopic (exact) mass is 267 g/mol. The molecule has 0 saturated carbocycles. The van der Waals surface area contributed by atoms with Crippen molar-refractivity contribution >= 4 is 0 Å². The molecule has 19 heavy (non-hydrogen) atoms. The summed E-state index contributed by atoms with van der Waals surface area (Å²) in [6, 6.07) is 5.97. The van der Waals surface area contributed by atoms with E-state index in [-0.39, 0.29) is 11.6 Å². The van der Waals surface area contributed by atoms with Crippen molar-refractivity contribution in [3.63, 3.8) is 0 Å². The molecule has 4 heteroatoms. The van der Waals surface area contributed by atoms with E-state index in [1.807, 2.05) is 18.2 Å². The van der Waals surface area contributed by atoms with E-state index in [0.29, 0.717) is 0 Å². The second kappa shape index (κ2) is 6.78. The molecular formula is C15H25NO3. The van der Waals surface area contributed by atoms with Crippen LogP contribution in [0.2, 0.25) is 0 Å². The van der Waals surface area contributed by atoms with Crippen LogP contribution in [0.4, 0.5) is 0 Å². The second-order valence-corrected chi connectivity index (χ2v) is 5.17. The van der Waals surface area contributed by atoms with Gasteiger partial charge < -0.3 is 19.5 Å². The molecule has 108 valence electrons. The summed E-state index contributed by atoms with van der Waals surface area (Å²) in [5.41, 5.74) is 0.883. The van der Waals surface area contributed by atoms with E-state index in [2.05, 4.69) is 26.1 Å². The van der Waals surface area contributed by atoms with Crippen LogP contribution in [0.5, 0.6) is 11.5 Å². The van der Waals surface area contributed by atoms with E-state index in [1.54, 1.807) is 21.3 Å². The van der Waals surface area contributed by atoms with Gasteiger partial charge in [-0.25, -0.2) is 0 Å². The molecule has 1 N–H and O–H groups in total. The summed E-state index contributed by atoms with van der Waals surface area (Å²) < 4.78 is 16.1. The summed E-state index contributed by atoms with van der Waals surface area (Å²) in [7, 11) is 5.06. The van der Waals surface area contributed by atoms with E-state index in [0.717, 1.165) is 23.6 Å². The number of hydrogen-bond donors (Lipinski definition) is 1. The highest BCUT2D eigenvalue weighted by Gasteiger charge is 2.19. The SMILES string of the molecule is COc1ccc(OC)c(C(C)NCC(C)(C)OC)c1. The lowest BCUT2D eigenvalue weighted by Gasteiger charge is -2.26. The minimum absolute atomic E-state index is 0.152. The van der Waals surface area contributed by atoms with Crippen LogP contribution in [-0.2, 0) is 4.74 Å². The Morgan fingerprint density at radius 3 is 2.37 bits per heavy atom. The summed E-state index contributed by atoms with van der Waals surface area (Å²) in [5.74, 6) is 1.69. The molecular weight excluding hydrogens is 242 g/mol. The highest BCUT2D eigenvalue weighted by atomic mass is 16.5. The molecule has 0 saturated heterocycles. The van der Waals surface area contributed by atoms with Gasteiger partial charge in [0.1, 0.15) is 11.5 Å². The predicted molar refractivity (Wildman–Crippen MR) is 77.1 cm³/mol. The van der Waals surface area contributed by atoms with E-state index in [9.17, 15) is 0 Å². The maximum Gasteiger partial charge on any atom is 0.123 e. The Bertz CT molecular complexity index is 404. The smallest absolute Gasteiger partial charge is 0.123 e. The lowest BCUT2D eigenvalue weighted by molar-refractivity contribution is 0.0214. The van der Waals surface area contributed by atoms with Crippen molar-refractivity contribution in [2.24, 2.45) is 0 Å². The molecule has 1 unspecified atom stereocenters. The number of rotatable bonds is 7. The number of methoxy groups -OCH3 is 3. The first-order chi connectivity index (χ1) is 8.93. The molecule has 4 nitrogen and oxygen atoms in total. The molecule has 0 spiro atoms. The molecule has 0 heterocycles. The Balaban J connectivity index is 2.82. The Morgan fingerprint density at radius 1 is 1.16 bits per heavy atom. The molecule has 1 aromatic rings. The second-order valence-electron chi connectivity index (χ2n) is 5.17. The Kier molecular flexibility index (Phi) is 5.63. The van der Waals surface area contributed by atoms with Gasteiger partial charge in [-0.2, -0.15) is 0 Å². The summed E-state index contributed by atoms with van der Waals surface area (Å²) in [6.45, 7) is 6.96. The van der Waals surface area contributed by atoms with E-state index in [4.69, 9.17) is 14.2 Å². The van der Waals surface area contributed by atoms with Crippen molar-refractivity contribution in [3.8, 4) is 11.5 Å². The fraction of sp³-hybridized carbons (Fsp3) is 0.600. The zero-order chi connectivity index (χ0) is 14.5. The topological polar surface area (TPSA) is 39.7 Å². The first kappa shape index (κ1) is 15.8. The van der Waals surface area contributed by atoms with Crippen molar-refractivity contribution < 1.29 is 14.2 Å². The van der Waals surface area contributed by atoms with Gasteiger partial charge in [0.05, 0.1) is 19.8 Å². The fourth-order valence-corrected chi connectivity index (χ4v) is 1.76. The minimum atomic E-state index is -0.194. The standard InChI is InChI=1S/C15H25NO3/c1-11(16-10-15(2,3)19-6)13-9-12(17-4)7-8-14(13)18-5/h7-9,11,16H,10H2,1-6H3. The summed E-state index contributed by atoms with van der Waals surface area (Å²) in [4.78, 5) is 0. The van der Waals surface area contributed by atoms with Crippen molar-refractivity contribution in [2.75, 3.05) is 27.9 Å². The van der Waals surface area contributed by atoms with Crippen molar-refractivity contribution in [1.29, 1.82) is 0 Å². The molecule has 0 bridgehead atoms. The summed E-state index contributed by atoms with van der Waals surface area (Å²) in [6.07, 6.45) is 0. The third kappa shape index (κ3) is 4.40. The van der Waals surface area contributed by atoms with Gasteiger partial charge in [-0.05, 0) is 39.0 Å². The molecule has 0 aliphatic rings. The van der Waals surface area contributed by atoms with Crippen LogP contribution in [0.25, 0.3) is 0 Å². The predicted octanol–water partition coefficient (Wildman–Crippen LogP) is 2.78. The molecule has 0 aliphatic carbocycles. The molecule has 0 aliphatic heterocycles. The molecule has 0 radical (unpaired) electrons. The van der Waals surface area contributed by atoms with Gasteiger partial charge in [0.2, 0.25) is 0 Å². The zero-order valence-corrected chi connectivity index (χ0v) is 12.7.